The molecule has 1 aromatic carbocycles. The number of aliphatic imine (C=N–C) groups is 1. The number of aromatic nitrogens is 5. The number of primary amides is 2. The molecule has 0 aliphatic carbocycles. The predicted octanol–water partition coefficient (Wildman–Crippen LogP) is -8.03. The summed E-state index contributed by atoms with van der Waals surface area (Å²) in [4.78, 5) is 223. The molecule has 0 bridgehead atoms. The van der Waals surface area contributed by atoms with E-state index in [1.807, 2.05) is 0 Å². The van der Waals surface area contributed by atoms with Gasteiger partial charge in [-0.3, -0.25) is 72.1 Å². The Kier molecular flexibility index (Phi) is 33.6. The lowest BCUT2D eigenvalue weighted by Gasteiger charge is -2.29. The lowest BCUT2D eigenvalue weighted by molar-refractivity contribution is -0.142. The molecule has 13 atom stereocenters. The van der Waals surface area contributed by atoms with Gasteiger partial charge in [0.05, 0.1) is 37.6 Å². The molecule has 0 fully saturated rings. The number of aliphatic hydroxyl groups excluding tert-OH is 1. The van der Waals surface area contributed by atoms with E-state index in [1.165, 1.54) is 31.2 Å². The number of H-pyrrole nitrogens is 3. The number of nitrogens with two attached hydrogens (primary N) is 5. The van der Waals surface area contributed by atoms with Crippen LogP contribution in [0.4, 0.5) is 0 Å². The maximum absolute atomic E-state index is 14.6. The molecule has 40 nitrogen and oxygen atoms in total. The fourth-order valence-electron chi connectivity index (χ4n) is 9.79. The van der Waals surface area contributed by atoms with Crippen LogP contribution in [0.1, 0.15) is 83.2 Å². The van der Waals surface area contributed by atoms with Gasteiger partial charge in [-0.15, -0.1) is 0 Å². The molecule has 102 heavy (non-hydrogen) atoms. The third-order valence-corrected chi connectivity index (χ3v) is 16.0. The van der Waals surface area contributed by atoms with E-state index in [9.17, 15) is 87.2 Å². The molecule has 0 spiro atoms. The summed E-state index contributed by atoms with van der Waals surface area (Å²) in [5.74, 6) is -18.7. The van der Waals surface area contributed by atoms with Gasteiger partial charge in [-0.25, -0.2) is 14.8 Å². The highest BCUT2D eigenvalue weighted by atomic mass is 32.1. The first kappa shape index (κ1) is 83.5. The number of aliphatic carboxylic acids is 2. The highest BCUT2D eigenvalue weighted by Gasteiger charge is 2.39. The highest BCUT2D eigenvalue weighted by molar-refractivity contribution is 7.80. The van der Waals surface area contributed by atoms with E-state index in [0.29, 0.717) is 22.2 Å². The number of benzene rings is 1. The number of thiol groups is 2. The zero-order chi connectivity index (χ0) is 76.1. The van der Waals surface area contributed by atoms with Crippen LogP contribution in [-0.2, 0) is 91.2 Å². The lowest BCUT2D eigenvalue weighted by Crippen LogP contribution is -2.62. The number of guanidine groups is 1. The number of hydrogen-bond donors (Lipinski definition) is 24. The van der Waals surface area contributed by atoms with Gasteiger partial charge < -0.3 is 117 Å². The molecule has 3 heterocycles. The Morgan fingerprint density at radius 3 is 1.45 bits per heavy atom. The SMILES string of the molecule is CC(C)[C@H](NC(=O)[C@@H](N)CS)C(=O)N[C@H](C(=O)N[C@@H](CC(=O)O)C(=O)N[C@@H](Cc1c[nH]c2ccccc12)C(=O)N[C@@H](C)C(=O)N[C@@H](CC(N)=O)C(=O)N[C@@H](CCCN=C(N)N)C(=O)N[C@@H](Cc1cnc[nH]1)C(=O)N[C@@H](CCC(N)=O)C(=O)N[C@@H](Cc1cnc[nH]1)C(=O)N[C@@H](CS)C(=O)O)[C@@H](C)O. The smallest absolute Gasteiger partial charge is 0.327 e. The normalized spacial score (nSPS) is 15.0. The van der Waals surface area contributed by atoms with E-state index >= 15 is 0 Å². The Balaban J connectivity index is 1.63. The molecule has 558 valence electrons. The molecule has 0 aliphatic heterocycles. The number of nitrogens with zero attached hydrogens (tertiary/aromatic N) is 3. The second kappa shape index (κ2) is 41.0. The molecule has 27 N–H and O–H groups in total. The first-order valence-electron chi connectivity index (χ1n) is 31.7. The van der Waals surface area contributed by atoms with Crippen LogP contribution in [-0.4, -0.2) is 232 Å². The van der Waals surface area contributed by atoms with Crippen molar-refractivity contribution in [1.29, 1.82) is 0 Å². The fourth-order valence-corrected chi connectivity index (χ4v) is 10.2. The molecular formula is C60H88N22O18S2. The quantitative estimate of drug-likeness (QED) is 0.00846. The lowest BCUT2D eigenvalue weighted by atomic mass is 10.0. The van der Waals surface area contributed by atoms with Crippen molar-refractivity contribution >= 4 is 131 Å². The summed E-state index contributed by atoms with van der Waals surface area (Å²) in [6.45, 7) is 5.20. The minimum atomic E-state index is -2.03. The largest absolute Gasteiger partial charge is 0.481 e. The third kappa shape index (κ3) is 27.3. The molecular weight excluding hydrogens is 1380 g/mol. The molecule has 4 rings (SSSR count). The van der Waals surface area contributed by atoms with Crippen molar-refractivity contribution in [2.75, 3.05) is 18.1 Å². The number of fused-ring (bicyclic) bond motifs is 1. The van der Waals surface area contributed by atoms with Gasteiger partial charge in [-0.1, -0.05) is 32.0 Å². The van der Waals surface area contributed by atoms with Crippen LogP contribution in [0, 0.1) is 5.92 Å². The summed E-state index contributed by atoms with van der Waals surface area (Å²) in [6.07, 6.45) is 0.349. The number of amides is 13. The molecule has 0 saturated carbocycles. The topological polar surface area (TPSA) is 665 Å². The summed E-state index contributed by atoms with van der Waals surface area (Å²) >= 11 is 7.96. The Morgan fingerprint density at radius 2 is 0.971 bits per heavy atom. The molecule has 3 aromatic heterocycles. The minimum Gasteiger partial charge on any atom is -0.481 e. The maximum atomic E-state index is 14.6. The zero-order valence-corrected chi connectivity index (χ0v) is 57.6. The number of hydrogen-bond acceptors (Lipinski definition) is 22. The third-order valence-electron chi connectivity index (χ3n) is 15.3. The van der Waals surface area contributed by atoms with Gasteiger partial charge in [0.15, 0.2) is 5.96 Å². The number of carbonyl (C=O) groups excluding carboxylic acids is 13. The number of aliphatic hydroxyl groups is 1. The number of rotatable bonds is 44. The van der Waals surface area contributed by atoms with Crippen LogP contribution < -0.4 is 87.2 Å². The van der Waals surface area contributed by atoms with Gasteiger partial charge in [0.25, 0.3) is 0 Å². The first-order valence-corrected chi connectivity index (χ1v) is 32.9. The molecule has 4 aromatic rings. The van der Waals surface area contributed by atoms with Gasteiger partial charge in [0.2, 0.25) is 76.8 Å². The molecule has 0 unspecified atom stereocenters. The number of nitrogens with one attached hydrogen (secondary N) is 14. The zero-order valence-electron chi connectivity index (χ0n) is 55.9. The summed E-state index contributed by atoms with van der Waals surface area (Å²) in [5, 5.41) is 57.0. The van der Waals surface area contributed by atoms with Crippen molar-refractivity contribution in [3.63, 3.8) is 0 Å². The van der Waals surface area contributed by atoms with E-state index in [4.69, 9.17) is 28.7 Å². The van der Waals surface area contributed by atoms with E-state index < -0.39 is 205 Å². The minimum absolute atomic E-state index is 0.0672. The fraction of sp³-hybridized carbons (Fsp3) is 0.500. The summed E-state index contributed by atoms with van der Waals surface area (Å²) in [5.41, 5.74) is 29.3. The van der Waals surface area contributed by atoms with Crippen LogP contribution in [0.15, 0.2) is 60.5 Å². The number of carboxylic acids is 2. The van der Waals surface area contributed by atoms with Crippen LogP contribution in [0.5, 0.6) is 0 Å². The Bertz CT molecular complexity index is 3630. The molecule has 13 amide bonds. The van der Waals surface area contributed by atoms with Crippen molar-refractivity contribution in [2.45, 2.75) is 164 Å². The van der Waals surface area contributed by atoms with Gasteiger partial charge >= 0.3 is 11.9 Å². The Morgan fingerprint density at radius 1 is 0.510 bits per heavy atom. The number of para-hydroxylation sites is 1. The standard InChI is InChI=1S/C60H88N22O18S2/c1-26(2)46(81-49(89)33(61)22-101)57(97)82-47(28(4)83)58(98)79-41(18-45(86)87)56(96)76-37(14-29-19-69-34-9-6-5-8-32(29)34)52(92)72-27(3)48(88)75-40(17-44(63)85)55(95)73-35(10-7-13-68-60(64)65)50(90)77-38(15-30-20-66-24-70-30)53(93)74-36(11-12-43(62)84)51(91)78-39(16-31-21-67-25-71-31)54(94)80-42(23-102)59(99)100/h5-6,8-9,19-21,24-28,33,35-42,46-47,69,83,101-102H,7,10-18,22-23,61H2,1-4H3,(H2,62,84)(H2,63,85)(H,66,70)(H,67,71)(H,72,92)(H,73,95)(H,74,93)(H,75,88)(H,76,96)(H,77,90)(H,78,91)(H,79,98)(H,80,94)(H,81,89)(H,82,97)(H,86,87)(H,99,100)(H4,64,65,68)/t27-,28+,33-,35-,36-,37-,38-,39-,40-,41-,42-,46-,47-/m0/s1. The summed E-state index contributed by atoms with van der Waals surface area (Å²) < 4.78 is 0. The van der Waals surface area contributed by atoms with E-state index in [-0.39, 0.29) is 55.4 Å². The van der Waals surface area contributed by atoms with Gasteiger partial charge in [0, 0.05) is 84.6 Å². The predicted molar refractivity (Wildman–Crippen MR) is 368 cm³/mol. The van der Waals surface area contributed by atoms with Crippen LogP contribution in [0.25, 0.3) is 10.9 Å². The van der Waals surface area contributed by atoms with E-state index in [2.05, 4.69) is 114 Å². The Labute approximate surface area is 593 Å². The second-order valence-electron chi connectivity index (χ2n) is 23.8. The number of aromatic amines is 3. The maximum Gasteiger partial charge on any atom is 0.327 e. The van der Waals surface area contributed by atoms with E-state index in [1.54, 1.807) is 38.1 Å². The monoisotopic (exact) mass is 1470 g/mol. The van der Waals surface area contributed by atoms with Crippen molar-refractivity contribution in [1.82, 2.24) is 83.4 Å². The molecule has 42 heteroatoms. The van der Waals surface area contributed by atoms with Crippen molar-refractivity contribution in [3.8, 4) is 0 Å². The first-order chi connectivity index (χ1) is 48.1. The van der Waals surface area contributed by atoms with Crippen molar-refractivity contribution in [2.24, 2.45) is 39.6 Å². The second-order valence-corrected chi connectivity index (χ2v) is 24.6. The Hall–Kier alpha value is -10.9. The average molecular weight is 1470 g/mol. The van der Waals surface area contributed by atoms with E-state index in [0.717, 1.165) is 13.8 Å². The van der Waals surface area contributed by atoms with Crippen LogP contribution in [0.3, 0.4) is 0 Å². The van der Waals surface area contributed by atoms with Gasteiger partial charge in [-0.2, -0.15) is 25.3 Å². The van der Waals surface area contributed by atoms with Crippen molar-refractivity contribution in [3.05, 3.63) is 72.5 Å². The molecule has 0 aliphatic rings. The van der Waals surface area contributed by atoms with Crippen molar-refractivity contribution < 1.29 is 87.2 Å². The van der Waals surface area contributed by atoms with Gasteiger partial charge in [0.1, 0.15) is 66.5 Å². The van der Waals surface area contributed by atoms with Crippen LogP contribution >= 0.6 is 25.3 Å². The van der Waals surface area contributed by atoms with Gasteiger partial charge in [-0.05, 0) is 50.7 Å². The molecule has 0 saturated heterocycles. The highest BCUT2D eigenvalue weighted by Crippen LogP contribution is 2.20. The number of carboxylic acid groups (broad SMARTS) is 2. The summed E-state index contributed by atoms with van der Waals surface area (Å²) in [7, 11) is 0. The average Bonchev–Trinajstić information content (AvgIpc) is 1.63. The molecule has 0 radical (unpaired) electrons. The number of imidazole rings is 2. The summed E-state index contributed by atoms with van der Waals surface area (Å²) in [6, 6.07) is -13.1. The number of carbonyl (C=O) groups is 15. The van der Waals surface area contributed by atoms with Crippen LogP contribution in [0.2, 0.25) is 0 Å².